The van der Waals surface area contributed by atoms with Gasteiger partial charge in [-0.2, -0.15) is 0 Å². The molecule has 2 rings (SSSR count). The van der Waals surface area contributed by atoms with E-state index in [-0.39, 0.29) is 11.0 Å². The Morgan fingerprint density at radius 2 is 1.71 bits per heavy atom. The molecule has 0 bridgehead atoms. The molecule has 0 radical (unpaired) electrons. The Hall–Kier alpha value is -2.77. The summed E-state index contributed by atoms with van der Waals surface area (Å²) in [6, 6.07) is 5.61. The fourth-order valence-electron chi connectivity index (χ4n) is 1.41. The minimum Gasteiger partial charge on any atom is -0.395 e. The monoisotopic (exact) mass is 236 g/mol. The lowest BCUT2D eigenvalue weighted by molar-refractivity contribution is -0.435. The Bertz CT molecular complexity index is 689. The quantitative estimate of drug-likeness (QED) is 0.577. The molecule has 86 valence electrons. The fraction of sp³-hybridized carbons (Fsp3) is 0. The van der Waals surface area contributed by atoms with Crippen molar-refractivity contribution in [3.8, 4) is 0 Å². The number of para-hydroxylation sites is 1. The molecular formula is C9H4N2O6. The second-order valence-electron chi connectivity index (χ2n) is 3.10. The second kappa shape index (κ2) is 3.67. The summed E-state index contributed by atoms with van der Waals surface area (Å²) >= 11 is 0. The smallest absolute Gasteiger partial charge is 0.395 e. The van der Waals surface area contributed by atoms with E-state index < -0.39 is 26.8 Å². The Morgan fingerprint density at radius 3 is 2.29 bits per heavy atom. The zero-order valence-corrected chi connectivity index (χ0v) is 8.15. The highest BCUT2D eigenvalue weighted by Crippen LogP contribution is 2.26. The van der Waals surface area contributed by atoms with E-state index in [1.165, 1.54) is 24.3 Å². The summed E-state index contributed by atoms with van der Waals surface area (Å²) in [7, 11) is 0. The SMILES string of the molecule is O=c1c([N+](=O)[O-])c([N+](=O)[O-])oc2ccccc12. The lowest BCUT2D eigenvalue weighted by Crippen LogP contribution is -2.11. The summed E-state index contributed by atoms with van der Waals surface area (Å²) in [5.41, 5.74) is -2.24. The van der Waals surface area contributed by atoms with Gasteiger partial charge in [0.25, 0.3) is 5.43 Å². The molecule has 0 saturated carbocycles. The topological polar surface area (TPSA) is 116 Å². The van der Waals surface area contributed by atoms with Crippen LogP contribution in [0.25, 0.3) is 11.0 Å². The molecule has 0 aliphatic rings. The molecule has 2 aromatic rings. The lowest BCUT2D eigenvalue weighted by Gasteiger charge is -1.97. The highest BCUT2D eigenvalue weighted by molar-refractivity contribution is 5.80. The van der Waals surface area contributed by atoms with Crippen LogP contribution in [0.5, 0.6) is 0 Å². The number of nitrogens with zero attached hydrogens (tertiary/aromatic N) is 2. The van der Waals surface area contributed by atoms with Crippen LogP contribution in [0.3, 0.4) is 0 Å². The van der Waals surface area contributed by atoms with Gasteiger partial charge in [0.2, 0.25) is 0 Å². The van der Waals surface area contributed by atoms with Gasteiger partial charge in [-0.1, -0.05) is 12.1 Å². The van der Waals surface area contributed by atoms with Gasteiger partial charge in [0.05, 0.1) is 10.3 Å². The molecule has 0 saturated heterocycles. The molecule has 0 unspecified atom stereocenters. The lowest BCUT2D eigenvalue weighted by atomic mass is 10.2. The molecule has 0 atom stereocenters. The van der Waals surface area contributed by atoms with E-state index in [1.54, 1.807) is 0 Å². The zero-order valence-electron chi connectivity index (χ0n) is 8.15. The molecule has 1 aromatic carbocycles. The molecule has 0 amide bonds. The van der Waals surface area contributed by atoms with Crippen LogP contribution in [-0.2, 0) is 0 Å². The van der Waals surface area contributed by atoms with Gasteiger partial charge in [-0.05, 0) is 12.1 Å². The van der Waals surface area contributed by atoms with Crippen LogP contribution in [-0.4, -0.2) is 9.85 Å². The third-order valence-corrected chi connectivity index (χ3v) is 2.10. The average Bonchev–Trinajstić information content (AvgIpc) is 2.28. The molecule has 1 aromatic heterocycles. The number of benzene rings is 1. The third kappa shape index (κ3) is 1.61. The van der Waals surface area contributed by atoms with Crippen molar-refractivity contribution in [3.05, 3.63) is 54.7 Å². The predicted molar refractivity (Wildman–Crippen MR) is 55.8 cm³/mol. The van der Waals surface area contributed by atoms with Crippen molar-refractivity contribution in [3.63, 3.8) is 0 Å². The number of fused-ring (bicyclic) bond motifs is 1. The number of hydrogen-bond acceptors (Lipinski definition) is 6. The standard InChI is InChI=1S/C9H4N2O6/c12-8-5-3-1-2-4-6(5)17-9(11(15)16)7(8)10(13)14/h1-4H. The van der Waals surface area contributed by atoms with Gasteiger partial charge in [-0.15, -0.1) is 0 Å². The number of nitro groups is 2. The maximum Gasteiger partial charge on any atom is 0.516 e. The summed E-state index contributed by atoms with van der Waals surface area (Å²) in [4.78, 5) is 30.7. The first kappa shape index (κ1) is 10.7. The number of hydrogen-bond donors (Lipinski definition) is 0. The first-order chi connectivity index (χ1) is 8.02. The highest BCUT2D eigenvalue weighted by Gasteiger charge is 2.33. The van der Waals surface area contributed by atoms with Gasteiger partial charge in [-0.25, -0.2) is 0 Å². The van der Waals surface area contributed by atoms with Crippen molar-refractivity contribution >= 4 is 22.5 Å². The van der Waals surface area contributed by atoms with E-state index in [9.17, 15) is 25.0 Å². The molecule has 1 heterocycles. The minimum absolute atomic E-state index is 0.0604. The summed E-state index contributed by atoms with van der Waals surface area (Å²) in [6.45, 7) is 0. The fourth-order valence-corrected chi connectivity index (χ4v) is 1.41. The molecular weight excluding hydrogens is 232 g/mol. The van der Waals surface area contributed by atoms with Crippen LogP contribution in [0.4, 0.5) is 11.6 Å². The van der Waals surface area contributed by atoms with Crippen molar-refractivity contribution in [2.24, 2.45) is 0 Å². The van der Waals surface area contributed by atoms with Crippen molar-refractivity contribution in [1.82, 2.24) is 0 Å². The molecule has 0 N–H and O–H groups in total. The van der Waals surface area contributed by atoms with Crippen LogP contribution < -0.4 is 5.43 Å². The van der Waals surface area contributed by atoms with Crippen molar-refractivity contribution < 1.29 is 14.3 Å². The summed E-state index contributed by atoms with van der Waals surface area (Å²) in [5, 5.41) is 21.2. The first-order valence-corrected chi connectivity index (χ1v) is 4.37. The summed E-state index contributed by atoms with van der Waals surface area (Å²) in [6.07, 6.45) is 0. The molecule has 0 aliphatic carbocycles. The maximum absolute atomic E-state index is 11.7. The Morgan fingerprint density at radius 1 is 1.06 bits per heavy atom. The van der Waals surface area contributed by atoms with E-state index in [4.69, 9.17) is 4.42 Å². The van der Waals surface area contributed by atoms with Gasteiger partial charge in [-0.3, -0.25) is 25.0 Å². The molecule has 0 spiro atoms. The maximum atomic E-state index is 11.7. The molecule has 0 fully saturated rings. The Labute approximate surface area is 92.4 Å². The van der Waals surface area contributed by atoms with Crippen LogP contribution >= 0.6 is 0 Å². The average molecular weight is 236 g/mol. The minimum atomic E-state index is -1.16. The van der Waals surface area contributed by atoms with E-state index in [0.29, 0.717) is 0 Å². The predicted octanol–water partition coefficient (Wildman–Crippen LogP) is 1.61. The van der Waals surface area contributed by atoms with Crippen LogP contribution in [0, 0.1) is 20.2 Å². The molecule has 17 heavy (non-hydrogen) atoms. The third-order valence-electron chi connectivity index (χ3n) is 2.10. The van der Waals surface area contributed by atoms with Crippen molar-refractivity contribution in [1.29, 1.82) is 0 Å². The van der Waals surface area contributed by atoms with Crippen molar-refractivity contribution in [2.75, 3.05) is 0 Å². The van der Waals surface area contributed by atoms with Gasteiger partial charge in [0.1, 0.15) is 10.5 Å². The second-order valence-corrected chi connectivity index (χ2v) is 3.10. The van der Waals surface area contributed by atoms with E-state index in [2.05, 4.69) is 0 Å². The normalized spacial score (nSPS) is 10.4. The highest BCUT2D eigenvalue weighted by atomic mass is 16.7. The van der Waals surface area contributed by atoms with E-state index in [1.807, 2.05) is 0 Å². The van der Waals surface area contributed by atoms with Crippen LogP contribution in [0.15, 0.2) is 33.5 Å². The molecule has 8 nitrogen and oxygen atoms in total. The van der Waals surface area contributed by atoms with Gasteiger partial charge in [0, 0.05) is 0 Å². The summed E-state index contributed by atoms with van der Waals surface area (Å²) in [5.74, 6) is -1.15. The van der Waals surface area contributed by atoms with E-state index in [0.717, 1.165) is 0 Å². The zero-order chi connectivity index (χ0) is 12.6. The number of rotatable bonds is 2. The van der Waals surface area contributed by atoms with E-state index >= 15 is 0 Å². The van der Waals surface area contributed by atoms with Crippen LogP contribution in [0.2, 0.25) is 0 Å². The molecule has 0 aliphatic heterocycles. The van der Waals surface area contributed by atoms with Gasteiger partial charge < -0.3 is 4.42 Å². The Kier molecular flexibility index (Phi) is 2.32. The first-order valence-electron chi connectivity index (χ1n) is 4.37. The largest absolute Gasteiger partial charge is 0.516 e. The van der Waals surface area contributed by atoms with Gasteiger partial charge in [0.15, 0.2) is 0 Å². The van der Waals surface area contributed by atoms with Gasteiger partial charge >= 0.3 is 11.6 Å². The summed E-state index contributed by atoms with van der Waals surface area (Å²) < 4.78 is 4.76. The molecule has 8 heteroatoms. The Balaban J connectivity index is 2.99. The van der Waals surface area contributed by atoms with Crippen LogP contribution in [0.1, 0.15) is 0 Å². The van der Waals surface area contributed by atoms with Crippen molar-refractivity contribution in [2.45, 2.75) is 0 Å².